The highest BCUT2D eigenvalue weighted by molar-refractivity contribution is 5.93. The summed E-state index contributed by atoms with van der Waals surface area (Å²) in [5, 5.41) is 43.7. The second-order valence-electron chi connectivity index (χ2n) is 22.7. The number of hydrogen-bond acceptors (Lipinski definition) is 14. The van der Waals surface area contributed by atoms with E-state index >= 15 is 17.6 Å². The Kier molecular flexibility index (Phi) is 16.7. The van der Waals surface area contributed by atoms with Gasteiger partial charge in [-0.05, 0) is 108 Å². The van der Waals surface area contributed by atoms with Crippen molar-refractivity contribution >= 4 is 34.0 Å². The second-order valence-corrected chi connectivity index (χ2v) is 22.7. The molecule has 4 aromatic heterocycles. The van der Waals surface area contributed by atoms with Crippen LogP contribution in [0.15, 0.2) is 133 Å². The summed E-state index contributed by atoms with van der Waals surface area (Å²) in [6, 6.07) is 34.3. The number of benzene rings is 6. The molecule has 6 aromatic carbocycles. The van der Waals surface area contributed by atoms with Crippen LogP contribution in [-0.4, -0.2) is 103 Å². The van der Waals surface area contributed by atoms with Crippen molar-refractivity contribution in [2.24, 2.45) is 11.8 Å². The largest absolute Gasteiger partial charge is 0.478 e. The summed E-state index contributed by atoms with van der Waals surface area (Å²) in [5.74, 6) is -4.79. The van der Waals surface area contributed by atoms with Crippen LogP contribution in [0, 0.1) is 69.4 Å². The maximum absolute atomic E-state index is 15.7. The SMILES string of the molecule is N#Cc1ccc(COc2cccc(-c3cc(F)c(Cc4nc5ccc(C(=O)O)cc5n4[C@@H]4CO[C@@H]5CNC[C@H]45)cc3F)n2)c(F)c1.N#Cc1ccc(COc2cccc(-c3cc(F)c(Cc4nc5ccc(C(=O)O)cc5n4[C@@H]4CO[C@@H]5CNC[C@H]45)cc3F)n2)c(F)c1. The summed E-state index contributed by atoms with van der Waals surface area (Å²) in [4.78, 5) is 41.6. The number of pyridine rings is 2. The number of aromatic carboxylic acids is 2. The van der Waals surface area contributed by atoms with Crippen molar-refractivity contribution in [2.45, 2.75) is 50.3 Å². The van der Waals surface area contributed by atoms with Crippen molar-refractivity contribution in [1.82, 2.24) is 39.7 Å². The Morgan fingerprint density at radius 2 is 0.935 bits per heavy atom. The maximum atomic E-state index is 15.7. The molecule has 0 radical (unpaired) electrons. The van der Waals surface area contributed by atoms with E-state index in [1.807, 2.05) is 21.3 Å². The fraction of sp³-hybridized carbons (Fsp3) is 0.235. The number of carboxylic acids is 2. The van der Waals surface area contributed by atoms with Gasteiger partial charge in [0.2, 0.25) is 11.8 Å². The number of nitrogens with one attached hydrogen (secondary N) is 2. The first-order valence-electron chi connectivity index (χ1n) is 29.2. The van der Waals surface area contributed by atoms with Gasteiger partial charge in [-0.3, -0.25) is 0 Å². The first-order valence-corrected chi connectivity index (χ1v) is 29.2. The number of nitrogens with zero attached hydrogens (tertiary/aromatic N) is 8. The van der Waals surface area contributed by atoms with Crippen molar-refractivity contribution < 1.29 is 65.1 Å². The number of hydrogen-bond donors (Lipinski definition) is 4. The van der Waals surface area contributed by atoms with Crippen LogP contribution in [0.2, 0.25) is 0 Å². The van der Waals surface area contributed by atoms with Crippen LogP contribution < -0.4 is 20.1 Å². The highest BCUT2D eigenvalue weighted by atomic mass is 19.1. The molecule has 0 bridgehead atoms. The maximum Gasteiger partial charge on any atom is 0.335 e. The van der Waals surface area contributed by atoms with E-state index in [0.29, 0.717) is 73.1 Å². The quantitative estimate of drug-likeness (QED) is 0.0657. The Bertz CT molecular complexity index is 4370. The summed E-state index contributed by atoms with van der Waals surface area (Å²) in [5.41, 5.74) is 3.48. The predicted molar refractivity (Wildman–Crippen MR) is 319 cm³/mol. The van der Waals surface area contributed by atoms with Crippen molar-refractivity contribution in [2.75, 3.05) is 39.4 Å². The Hall–Kier alpha value is -10.5. The molecule has 0 aliphatic carbocycles. The molecule has 4 fully saturated rings. The van der Waals surface area contributed by atoms with E-state index in [0.717, 1.165) is 36.4 Å². The van der Waals surface area contributed by atoms with Gasteiger partial charge in [-0.2, -0.15) is 10.5 Å². The minimum atomic E-state index is -1.08. The van der Waals surface area contributed by atoms with Gasteiger partial charge in [0.25, 0.3) is 0 Å². The number of halogens is 6. The van der Waals surface area contributed by atoms with Crippen molar-refractivity contribution in [3.8, 4) is 46.4 Å². The van der Waals surface area contributed by atoms with Gasteiger partial charge in [0, 0.05) is 85.2 Å². The molecule has 14 rings (SSSR count). The zero-order chi connectivity index (χ0) is 63.9. The van der Waals surface area contributed by atoms with Crippen LogP contribution in [0.4, 0.5) is 26.3 Å². The molecule has 4 aliphatic rings. The average Bonchev–Trinajstić information content (AvgIpc) is 1.61. The summed E-state index contributed by atoms with van der Waals surface area (Å²) in [7, 11) is 0. The van der Waals surface area contributed by atoms with Gasteiger partial charge in [0.15, 0.2) is 0 Å². The minimum absolute atomic E-state index is 0.00167. The molecule has 92 heavy (non-hydrogen) atoms. The van der Waals surface area contributed by atoms with Crippen LogP contribution in [0.25, 0.3) is 44.6 Å². The van der Waals surface area contributed by atoms with E-state index < -0.39 is 46.8 Å². The highest BCUT2D eigenvalue weighted by Crippen LogP contribution is 2.40. The molecule has 0 spiro atoms. The van der Waals surface area contributed by atoms with Crippen LogP contribution in [0.3, 0.4) is 0 Å². The van der Waals surface area contributed by atoms with Crippen molar-refractivity contribution in [3.05, 3.63) is 225 Å². The lowest BCUT2D eigenvalue weighted by atomic mass is 9.99. The minimum Gasteiger partial charge on any atom is -0.478 e. The van der Waals surface area contributed by atoms with Crippen LogP contribution in [-0.2, 0) is 35.5 Å². The van der Waals surface area contributed by atoms with Crippen molar-refractivity contribution in [1.29, 1.82) is 10.5 Å². The van der Waals surface area contributed by atoms with E-state index in [1.165, 1.54) is 60.7 Å². The van der Waals surface area contributed by atoms with Gasteiger partial charge in [-0.15, -0.1) is 0 Å². The molecule has 6 atom stereocenters. The Morgan fingerprint density at radius 1 is 0.511 bits per heavy atom. The third-order valence-corrected chi connectivity index (χ3v) is 17.1. The number of carbonyl (C=O) groups is 2. The monoisotopic (exact) mass is 1250 g/mol. The van der Waals surface area contributed by atoms with Crippen LogP contribution >= 0.6 is 0 Å². The molecule has 24 heteroatoms. The number of nitriles is 2. The van der Waals surface area contributed by atoms with E-state index in [2.05, 4.69) is 20.6 Å². The molecule has 18 nitrogen and oxygen atoms in total. The fourth-order valence-electron chi connectivity index (χ4n) is 12.5. The third-order valence-electron chi connectivity index (χ3n) is 17.1. The molecule has 10 aromatic rings. The molecule has 8 heterocycles. The molecule has 4 aliphatic heterocycles. The Labute approximate surface area is 519 Å². The molecule has 0 saturated carbocycles. The smallest absolute Gasteiger partial charge is 0.335 e. The van der Waals surface area contributed by atoms with Crippen LogP contribution in [0.5, 0.6) is 11.8 Å². The number of aromatic nitrogens is 6. The van der Waals surface area contributed by atoms with Gasteiger partial charge in [0.1, 0.15) is 59.8 Å². The average molecular weight is 1250 g/mol. The Balaban J connectivity index is 0.000000168. The third kappa shape index (κ3) is 12.1. The van der Waals surface area contributed by atoms with Gasteiger partial charge < -0.3 is 48.9 Å². The Morgan fingerprint density at radius 3 is 1.34 bits per heavy atom. The molecule has 0 amide bonds. The predicted octanol–water partition coefficient (Wildman–Crippen LogP) is 10.8. The summed E-state index contributed by atoms with van der Waals surface area (Å²) < 4.78 is 118. The fourth-order valence-corrected chi connectivity index (χ4v) is 12.5. The summed E-state index contributed by atoms with van der Waals surface area (Å²) in [6.07, 6.45) is -0.0916. The lowest BCUT2D eigenvalue weighted by molar-refractivity contribution is 0.0686. The zero-order valence-electron chi connectivity index (χ0n) is 48.4. The van der Waals surface area contributed by atoms with E-state index in [9.17, 15) is 28.6 Å². The number of ether oxygens (including phenoxy) is 4. The van der Waals surface area contributed by atoms with E-state index in [4.69, 9.17) is 39.4 Å². The first-order chi connectivity index (χ1) is 44.6. The van der Waals surface area contributed by atoms with Crippen LogP contribution in [0.1, 0.15) is 77.8 Å². The van der Waals surface area contributed by atoms with E-state index in [-0.39, 0.29) is 141 Å². The molecular formula is C68H52F6N10O8. The standard InChI is InChI=1S/2C34H26F3N5O4/c2*35-24-8-18(13-38)4-5-20(24)16-46-33-3-1-2-27(41-33)22-12-25(36)21(9-26(22)37)11-32-40-28-7-6-19(34(43)44)10-29(28)42(32)30-17-45-31-15-39-14-23(30)31/h2*1-10,12,23,30-31,39H,11,14-17H2,(H,43,44)/t2*23-,30-,31-/m11/s1. The van der Waals surface area contributed by atoms with Gasteiger partial charge in [0.05, 0.1) is 105 Å². The van der Waals surface area contributed by atoms with E-state index in [1.54, 1.807) is 36.4 Å². The van der Waals surface area contributed by atoms with Gasteiger partial charge >= 0.3 is 11.9 Å². The molecule has 4 N–H and O–H groups in total. The number of rotatable bonds is 16. The lowest BCUT2D eigenvalue weighted by Gasteiger charge is -2.21. The lowest BCUT2D eigenvalue weighted by Crippen LogP contribution is -2.24. The number of imidazole rings is 2. The highest BCUT2D eigenvalue weighted by Gasteiger charge is 2.44. The van der Waals surface area contributed by atoms with Gasteiger partial charge in [-0.1, -0.05) is 24.3 Å². The van der Waals surface area contributed by atoms with Gasteiger partial charge in [-0.25, -0.2) is 55.9 Å². The molecule has 0 unspecified atom stereocenters. The number of fused-ring (bicyclic) bond motifs is 4. The normalized spacial score (nSPS) is 18.9. The zero-order valence-corrected chi connectivity index (χ0v) is 48.4. The first kappa shape index (κ1) is 60.4. The van der Waals surface area contributed by atoms with Crippen molar-refractivity contribution in [3.63, 3.8) is 0 Å². The topological polar surface area (TPSA) is 245 Å². The summed E-state index contributed by atoms with van der Waals surface area (Å²) >= 11 is 0. The molecule has 464 valence electrons. The second kappa shape index (κ2) is 25.4. The molecular weight excluding hydrogens is 1200 g/mol. The summed E-state index contributed by atoms with van der Waals surface area (Å²) in [6.45, 7) is 3.26. The molecule has 4 saturated heterocycles. The number of carboxylic acid groups (broad SMARTS) is 2.